The maximum absolute atomic E-state index is 12.0. The molecule has 7 heteroatoms. The lowest BCUT2D eigenvalue weighted by atomic mass is 10.1. The number of ether oxygens (including phenoxy) is 1. The predicted molar refractivity (Wildman–Crippen MR) is 99.8 cm³/mol. The highest BCUT2D eigenvalue weighted by Crippen LogP contribution is 2.32. The molecule has 0 atom stereocenters. The van der Waals surface area contributed by atoms with Crippen molar-refractivity contribution < 1.29 is 9.53 Å². The van der Waals surface area contributed by atoms with Gasteiger partial charge in [0.05, 0.1) is 12.8 Å². The van der Waals surface area contributed by atoms with Crippen molar-refractivity contribution in [1.82, 2.24) is 15.0 Å². The lowest BCUT2D eigenvalue weighted by Gasteiger charge is -2.10. The van der Waals surface area contributed by atoms with Crippen LogP contribution in [0.2, 0.25) is 0 Å². The Balaban J connectivity index is 1.75. The van der Waals surface area contributed by atoms with Crippen molar-refractivity contribution in [1.29, 1.82) is 0 Å². The van der Waals surface area contributed by atoms with Crippen molar-refractivity contribution in [3.63, 3.8) is 0 Å². The number of nitrogens with two attached hydrogens (primary N) is 1. The number of nitrogens with zero attached hydrogens (tertiary/aromatic N) is 3. The van der Waals surface area contributed by atoms with Crippen LogP contribution in [0.15, 0.2) is 30.6 Å². The molecule has 1 fully saturated rings. The zero-order valence-electron chi connectivity index (χ0n) is 14.6. The van der Waals surface area contributed by atoms with Crippen LogP contribution in [0, 0.1) is 12.8 Å². The van der Waals surface area contributed by atoms with Crippen LogP contribution < -0.4 is 15.8 Å². The summed E-state index contributed by atoms with van der Waals surface area (Å²) < 4.78 is 5.15. The maximum Gasteiger partial charge on any atom is 0.228 e. The highest BCUT2D eigenvalue weighted by atomic mass is 16.5. The third kappa shape index (κ3) is 3.03. The van der Waals surface area contributed by atoms with Gasteiger partial charge < -0.3 is 15.8 Å². The number of fused-ring (bicyclic) bond motifs is 1. The second kappa shape index (κ2) is 6.25. The summed E-state index contributed by atoms with van der Waals surface area (Å²) >= 11 is 0. The Morgan fingerprint density at radius 1 is 1.23 bits per heavy atom. The van der Waals surface area contributed by atoms with E-state index in [0.29, 0.717) is 23.2 Å². The monoisotopic (exact) mass is 349 g/mol. The molecule has 0 aliphatic heterocycles. The van der Waals surface area contributed by atoms with E-state index in [1.54, 1.807) is 19.5 Å². The molecule has 0 aromatic carbocycles. The minimum atomic E-state index is 0.0225. The summed E-state index contributed by atoms with van der Waals surface area (Å²) in [4.78, 5) is 25.0. The van der Waals surface area contributed by atoms with Crippen LogP contribution in [0.3, 0.4) is 0 Å². The number of hydrogen-bond donors (Lipinski definition) is 2. The average Bonchev–Trinajstić information content (AvgIpc) is 3.46. The Hall–Kier alpha value is -3.22. The quantitative estimate of drug-likeness (QED) is 0.751. The summed E-state index contributed by atoms with van der Waals surface area (Å²) in [6, 6.07) is 5.60. The third-order valence-corrected chi connectivity index (χ3v) is 4.52. The number of anilines is 2. The second-order valence-electron chi connectivity index (χ2n) is 6.49. The fourth-order valence-corrected chi connectivity index (χ4v) is 2.86. The van der Waals surface area contributed by atoms with Crippen LogP contribution in [0.4, 0.5) is 11.6 Å². The smallest absolute Gasteiger partial charge is 0.228 e. The van der Waals surface area contributed by atoms with Crippen LogP contribution in [0.25, 0.3) is 22.0 Å². The Morgan fingerprint density at radius 3 is 2.73 bits per heavy atom. The SMILES string of the molecule is COc1cc(C)c(-c2cc3cc(NC(=O)C4CC4)ncc3c(N)n2)cn1. The van der Waals surface area contributed by atoms with E-state index in [-0.39, 0.29) is 11.8 Å². The molecular formula is C19H19N5O2. The first kappa shape index (κ1) is 16.3. The summed E-state index contributed by atoms with van der Waals surface area (Å²) in [6.45, 7) is 1.97. The Morgan fingerprint density at radius 2 is 2.04 bits per heavy atom. The summed E-state index contributed by atoms with van der Waals surface area (Å²) in [5, 5.41) is 4.47. The number of nitrogen functional groups attached to an aromatic ring is 1. The first-order valence-corrected chi connectivity index (χ1v) is 8.43. The molecule has 3 aromatic heterocycles. The summed E-state index contributed by atoms with van der Waals surface area (Å²) in [7, 11) is 1.58. The number of carbonyl (C=O) groups excluding carboxylic acids is 1. The lowest BCUT2D eigenvalue weighted by molar-refractivity contribution is -0.117. The fraction of sp³-hybridized carbons (Fsp3) is 0.263. The minimum absolute atomic E-state index is 0.0225. The van der Waals surface area contributed by atoms with E-state index in [9.17, 15) is 4.79 Å². The predicted octanol–water partition coefficient (Wildman–Crippen LogP) is 2.94. The third-order valence-electron chi connectivity index (χ3n) is 4.52. The van der Waals surface area contributed by atoms with Crippen LogP contribution in [-0.4, -0.2) is 28.0 Å². The second-order valence-corrected chi connectivity index (χ2v) is 6.49. The van der Waals surface area contributed by atoms with Gasteiger partial charge in [0, 0.05) is 35.3 Å². The van der Waals surface area contributed by atoms with Crippen LogP contribution >= 0.6 is 0 Å². The number of nitrogens with one attached hydrogen (secondary N) is 1. The number of amides is 1. The van der Waals surface area contributed by atoms with Crippen LogP contribution in [-0.2, 0) is 4.79 Å². The molecule has 0 unspecified atom stereocenters. The number of rotatable bonds is 4. The molecule has 1 amide bonds. The number of methoxy groups -OCH3 is 1. The van der Waals surface area contributed by atoms with Gasteiger partial charge in [-0.05, 0) is 42.8 Å². The number of pyridine rings is 3. The maximum atomic E-state index is 12.0. The Kier molecular flexibility index (Phi) is 3.91. The van der Waals surface area contributed by atoms with Gasteiger partial charge in [-0.15, -0.1) is 0 Å². The standard InChI is InChI=1S/C19H19N5O2/c1-10-5-17(26-2)22-8-13(10)15-6-12-7-16(24-19(25)11-3-4-11)21-9-14(12)18(20)23-15/h5-9,11H,3-4H2,1-2H3,(H2,20,23)(H,21,24,25). The van der Waals surface area contributed by atoms with Crippen molar-refractivity contribution >= 4 is 28.3 Å². The summed E-state index contributed by atoms with van der Waals surface area (Å²) in [6.07, 6.45) is 5.26. The van der Waals surface area contributed by atoms with Gasteiger partial charge in [0.2, 0.25) is 11.8 Å². The summed E-state index contributed by atoms with van der Waals surface area (Å²) in [5.74, 6) is 1.61. The van der Waals surface area contributed by atoms with Crippen molar-refractivity contribution in [2.45, 2.75) is 19.8 Å². The van der Waals surface area contributed by atoms with Gasteiger partial charge in [0.15, 0.2) is 0 Å². The lowest BCUT2D eigenvalue weighted by Crippen LogP contribution is -2.14. The molecule has 0 bridgehead atoms. The number of aromatic nitrogens is 3. The Bertz CT molecular complexity index is 1010. The van der Waals surface area contributed by atoms with Gasteiger partial charge in [-0.2, -0.15) is 0 Å². The van der Waals surface area contributed by atoms with Gasteiger partial charge in [0.25, 0.3) is 0 Å². The van der Waals surface area contributed by atoms with E-state index in [2.05, 4.69) is 20.3 Å². The minimum Gasteiger partial charge on any atom is -0.481 e. The molecule has 7 nitrogen and oxygen atoms in total. The Labute approximate surface area is 150 Å². The number of hydrogen-bond acceptors (Lipinski definition) is 6. The van der Waals surface area contributed by atoms with E-state index in [4.69, 9.17) is 10.5 Å². The zero-order valence-corrected chi connectivity index (χ0v) is 14.6. The van der Waals surface area contributed by atoms with E-state index in [1.807, 2.05) is 25.1 Å². The van der Waals surface area contributed by atoms with Crippen LogP contribution in [0.5, 0.6) is 5.88 Å². The molecular weight excluding hydrogens is 330 g/mol. The van der Waals surface area contributed by atoms with Gasteiger partial charge >= 0.3 is 0 Å². The fourth-order valence-electron chi connectivity index (χ4n) is 2.86. The molecule has 26 heavy (non-hydrogen) atoms. The average molecular weight is 349 g/mol. The molecule has 4 rings (SSSR count). The topological polar surface area (TPSA) is 103 Å². The molecule has 132 valence electrons. The van der Waals surface area contributed by atoms with Crippen molar-refractivity contribution in [2.75, 3.05) is 18.2 Å². The van der Waals surface area contributed by atoms with E-state index in [1.165, 1.54) is 0 Å². The van der Waals surface area contributed by atoms with Crippen molar-refractivity contribution in [3.8, 4) is 17.1 Å². The van der Waals surface area contributed by atoms with E-state index < -0.39 is 0 Å². The zero-order chi connectivity index (χ0) is 18.3. The van der Waals surface area contributed by atoms with Gasteiger partial charge in [-0.25, -0.2) is 15.0 Å². The van der Waals surface area contributed by atoms with Gasteiger partial charge in [0.1, 0.15) is 11.6 Å². The summed E-state index contributed by atoms with van der Waals surface area (Å²) in [5.41, 5.74) is 8.70. The normalized spacial score (nSPS) is 13.6. The first-order valence-electron chi connectivity index (χ1n) is 8.43. The van der Waals surface area contributed by atoms with E-state index >= 15 is 0 Å². The van der Waals surface area contributed by atoms with E-state index in [0.717, 1.165) is 34.7 Å². The first-order chi connectivity index (χ1) is 12.5. The molecule has 1 aliphatic carbocycles. The molecule has 3 N–H and O–H groups in total. The molecule has 0 saturated heterocycles. The molecule has 3 aromatic rings. The van der Waals surface area contributed by atoms with Gasteiger partial charge in [-0.3, -0.25) is 4.79 Å². The van der Waals surface area contributed by atoms with Gasteiger partial charge in [-0.1, -0.05) is 0 Å². The largest absolute Gasteiger partial charge is 0.481 e. The molecule has 0 spiro atoms. The van der Waals surface area contributed by atoms with Crippen LogP contribution in [0.1, 0.15) is 18.4 Å². The van der Waals surface area contributed by atoms with Crippen molar-refractivity contribution in [2.24, 2.45) is 5.92 Å². The molecule has 0 radical (unpaired) electrons. The highest BCUT2D eigenvalue weighted by Gasteiger charge is 2.29. The molecule has 3 heterocycles. The number of aryl methyl sites for hydroxylation is 1. The molecule has 1 saturated carbocycles. The molecule has 1 aliphatic rings. The highest BCUT2D eigenvalue weighted by molar-refractivity contribution is 5.98. The van der Waals surface area contributed by atoms with Crippen molar-refractivity contribution in [3.05, 3.63) is 36.2 Å². The number of carbonyl (C=O) groups is 1.